The first kappa shape index (κ1) is 15.3. The number of carbonyl (C=O) groups excluding carboxylic acids is 1. The molecule has 112 valence electrons. The molecule has 1 atom stereocenters. The number of aliphatic hydroxyl groups excluding tert-OH is 1. The van der Waals surface area contributed by atoms with Crippen molar-refractivity contribution in [3.63, 3.8) is 0 Å². The Balaban J connectivity index is 2.28. The van der Waals surface area contributed by atoms with Gasteiger partial charge in [0.25, 0.3) is 5.91 Å². The van der Waals surface area contributed by atoms with Crippen molar-refractivity contribution < 1.29 is 14.3 Å². The van der Waals surface area contributed by atoms with Crippen LogP contribution in [-0.2, 0) is 0 Å². The van der Waals surface area contributed by atoms with Crippen LogP contribution in [0, 0.1) is 0 Å². The van der Waals surface area contributed by atoms with Gasteiger partial charge in [-0.15, -0.1) is 0 Å². The lowest BCUT2D eigenvalue weighted by Gasteiger charge is -2.28. The lowest BCUT2D eigenvalue weighted by Crippen LogP contribution is -2.41. The smallest absolute Gasteiger partial charge is 0.254 e. The number of hydrogen-bond acceptors (Lipinski definition) is 3. The highest BCUT2D eigenvalue weighted by atomic mass is 16.3. The summed E-state index contributed by atoms with van der Waals surface area (Å²) in [6.07, 6.45) is 2.71. The van der Waals surface area contributed by atoms with Crippen molar-refractivity contribution in [1.29, 1.82) is 0 Å². The molecule has 1 amide bonds. The maximum absolute atomic E-state index is 12.6. The normalized spacial score (nSPS) is 12.4. The lowest BCUT2D eigenvalue weighted by molar-refractivity contribution is 0.0579. The van der Waals surface area contributed by atoms with E-state index in [1.54, 1.807) is 30.4 Å². The van der Waals surface area contributed by atoms with E-state index in [9.17, 15) is 9.90 Å². The Bertz CT molecular complexity index is 588. The Morgan fingerprint density at radius 1 is 1.24 bits per heavy atom. The molecule has 1 heterocycles. The van der Waals surface area contributed by atoms with Crippen LogP contribution < -0.4 is 0 Å². The van der Waals surface area contributed by atoms with Gasteiger partial charge in [0.15, 0.2) is 0 Å². The first-order valence-electron chi connectivity index (χ1n) is 7.10. The van der Waals surface area contributed by atoms with Crippen LogP contribution in [0.4, 0.5) is 0 Å². The van der Waals surface area contributed by atoms with E-state index >= 15 is 0 Å². The lowest BCUT2D eigenvalue weighted by atomic mass is 10.0. The van der Waals surface area contributed by atoms with Gasteiger partial charge in [-0.1, -0.05) is 12.1 Å². The molecule has 0 aliphatic rings. The number of benzene rings is 1. The molecular formula is C17H21NO3. The highest BCUT2D eigenvalue weighted by Gasteiger charge is 2.20. The summed E-state index contributed by atoms with van der Waals surface area (Å²) >= 11 is 0. The predicted octanol–water partition coefficient (Wildman–Crippen LogP) is 3.18. The van der Waals surface area contributed by atoms with Gasteiger partial charge in [0.2, 0.25) is 0 Å². The van der Waals surface area contributed by atoms with Crippen LogP contribution in [0.15, 0.2) is 47.3 Å². The third kappa shape index (κ3) is 3.73. The molecule has 4 heteroatoms. The summed E-state index contributed by atoms with van der Waals surface area (Å²) in [5.41, 5.74) is 2.50. The molecule has 1 unspecified atom stereocenters. The molecule has 21 heavy (non-hydrogen) atoms. The topological polar surface area (TPSA) is 53.7 Å². The monoisotopic (exact) mass is 287 g/mol. The van der Waals surface area contributed by atoms with E-state index < -0.39 is 6.10 Å². The summed E-state index contributed by atoms with van der Waals surface area (Å²) in [5, 5.41) is 9.57. The van der Waals surface area contributed by atoms with E-state index in [4.69, 9.17) is 4.42 Å². The highest BCUT2D eigenvalue weighted by molar-refractivity contribution is 5.95. The maximum Gasteiger partial charge on any atom is 0.254 e. The molecule has 0 aliphatic carbocycles. The third-order valence-electron chi connectivity index (χ3n) is 3.31. The third-order valence-corrected chi connectivity index (χ3v) is 3.31. The minimum Gasteiger partial charge on any atom is -0.472 e. The fourth-order valence-electron chi connectivity index (χ4n) is 2.24. The van der Waals surface area contributed by atoms with E-state index in [2.05, 4.69) is 0 Å². The summed E-state index contributed by atoms with van der Waals surface area (Å²) in [5.74, 6) is -0.0729. The second kappa shape index (κ2) is 6.59. The van der Waals surface area contributed by atoms with Crippen LogP contribution in [-0.4, -0.2) is 34.6 Å². The number of nitrogens with zero attached hydrogens (tertiary/aromatic N) is 1. The number of aliphatic hydroxyl groups is 1. The minimum atomic E-state index is -0.548. The first-order chi connectivity index (χ1) is 9.99. The van der Waals surface area contributed by atoms with Crippen LogP contribution >= 0.6 is 0 Å². The zero-order valence-corrected chi connectivity index (χ0v) is 12.6. The number of rotatable bonds is 5. The zero-order chi connectivity index (χ0) is 15.4. The Hall–Kier alpha value is -2.07. The number of furan rings is 1. The van der Waals surface area contributed by atoms with Gasteiger partial charge < -0.3 is 14.4 Å². The van der Waals surface area contributed by atoms with Gasteiger partial charge in [0.1, 0.15) is 0 Å². The highest BCUT2D eigenvalue weighted by Crippen LogP contribution is 2.22. The van der Waals surface area contributed by atoms with Gasteiger partial charge in [0, 0.05) is 23.7 Å². The van der Waals surface area contributed by atoms with Gasteiger partial charge in [0.05, 0.1) is 18.6 Å². The number of amides is 1. The molecule has 0 saturated carbocycles. The average Bonchev–Trinajstić information content (AvgIpc) is 2.98. The summed E-state index contributed by atoms with van der Waals surface area (Å²) < 4.78 is 5.08. The van der Waals surface area contributed by atoms with Crippen LogP contribution in [0.5, 0.6) is 0 Å². The molecule has 0 radical (unpaired) electrons. The molecule has 0 saturated heterocycles. The van der Waals surface area contributed by atoms with Crippen LogP contribution in [0.3, 0.4) is 0 Å². The van der Waals surface area contributed by atoms with Gasteiger partial charge in [-0.3, -0.25) is 4.79 Å². The maximum atomic E-state index is 12.6. The van der Waals surface area contributed by atoms with Crippen LogP contribution in [0.25, 0.3) is 11.1 Å². The van der Waals surface area contributed by atoms with Crippen molar-refractivity contribution in [2.75, 3.05) is 6.54 Å². The summed E-state index contributed by atoms with van der Waals surface area (Å²) in [7, 11) is 0. The summed E-state index contributed by atoms with van der Waals surface area (Å²) in [4.78, 5) is 14.3. The van der Waals surface area contributed by atoms with Gasteiger partial charge in [-0.05, 0) is 44.5 Å². The second-order valence-corrected chi connectivity index (χ2v) is 5.49. The molecule has 1 aromatic heterocycles. The van der Waals surface area contributed by atoms with E-state index in [1.807, 2.05) is 38.1 Å². The van der Waals surface area contributed by atoms with E-state index in [1.165, 1.54) is 0 Å². The fourth-order valence-corrected chi connectivity index (χ4v) is 2.24. The molecule has 2 aromatic rings. The van der Waals surface area contributed by atoms with Crippen LogP contribution in [0.2, 0.25) is 0 Å². The van der Waals surface area contributed by atoms with Gasteiger partial charge >= 0.3 is 0 Å². The quantitative estimate of drug-likeness (QED) is 0.919. The van der Waals surface area contributed by atoms with Crippen molar-refractivity contribution in [3.8, 4) is 11.1 Å². The first-order valence-corrected chi connectivity index (χ1v) is 7.10. The Labute approximate surface area is 125 Å². The SMILES string of the molecule is CC(O)CN(C(=O)c1cccc(-c2ccoc2)c1)C(C)C. The van der Waals surface area contributed by atoms with Gasteiger partial charge in [-0.2, -0.15) is 0 Å². The van der Waals surface area contributed by atoms with Crippen molar-refractivity contribution >= 4 is 5.91 Å². The van der Waals surface area contributed by atoms with Crippen LogP contribution in [0.1, 0.15) is 31.1 Å². The Morgan fingerprint density at radius 2 is 2.00 bits per heavy atom. The molecule has 0 bridgehead atoms. The average molecular weight is 287 g/mol. The van der Waals surface area contributed by atoms with E-state index in [0.29, 0.717) is 12.1 Å². The van der Waals surface area contributed by atoms with Crippen molar-refractivity contribution in [1.82, 2.24) is 4.90 Å². The minimum absolute atomic E-state index is 0.0321. The molecule has 1 aromatic carbocycles. The molecule has 1 N–H and O–H groups in total. The van der Waals surface area contributed by atoms with Crippen molar-refractivity contribution in [2.24, 2.45) is 0 Å². The molecular weight excluding hydrogens is 266 g/mol. The van der Waals surface area contributed by atoms with E-state index in [0.717, 1.165) is 11.1 Å². The molecule has 0 aliphatic heterocycles. The fraction of sp³-hybridized carbons (Fsp3) is 0.353. The molecule has 2 rings (SSSR count). The number of carbonyl (C=O) groups is 1. The Kier molecular flexibility index (Phi) is 4.81. The molecule has 0 spiro atoms. The second-order valence-electron chi connectivity index (χ2n) is 5.49. The standard InChI is InChI=1S/C17H21NO3/c1-12(2)18(10-13(3)19)17(20)15-6-4-5-14(9-15)16-7-8-21-11-16/h4-9,11-13,19H,10H2,1-3H3. The van der Waals surface area contributed by atoms with E-state index in [-0.39, 0.29) is 11.9 Å². The summed E-state index contributed by atoms with van der Waals surface area (Å²) in [6, 6.07) is 9.34. The van der Waals surface area contributed by atoms with Crippen molar-refractivity contribution in [2.45, 2.75) is 32.9 Å². The predicted molar refractivity (Wildman–Crippen MR) is 82.0 cm³/mol. The summed E-state index contributed by atoms with van der Waals surface area (Å²) in [6.45, 7) is 5.90. The zero-order valence-electron chi connectivity index (χ0n) is 12.6. The van der Waals surface area contributed by atoms with Gasteiger partial charge in [-0.25, -0.2) is 0 Å². The molecule has 0 fully saturated rings. The largest absolute Gasteiger partial charge is 0.472 e. The number of hydrogen-bond donors (Lipinski definition) is 1. The van der Waals surface area contributed by atoms with Crippen molar-refractivity contribution in [3.05, 3.63) is 48.4 Å². The molecule has 4 nitrogen and oxygen atoms in total. The Morgan fingerprint density at radius 3 is 2.57 bits per heavy atom.